The summed E-state index contributed by atoms with van der Waals surface area (Å²) in [5.74, 6) is 2.48. The molecule has 1 N–H and O–H groups in total. The highest BCUT2D eigenvalue weighted by Gasteiger charge is 2.34. The molecule has 6 rings (SSSR count). The zero-order chi connectivity index (χ0) is 30.5. The van der Waals surface area contributed by atoms with Gasteiger partial charge in [0.05, 0.1) is 31.4 Å². The number of aliphatic carboxylic acids is 1. The summed E-state index contributed by atoms with van der Waals surface area (Å²) in [5.41, 5.74) is 2.56. The molecule has 0 spiro atoms. The Kier molecular flexibility index (Phi) is 9.28. The second kappa shape index (κ2) is 13.7. The third-order valence-electron chi connectivity index (χ3n) is 9.47. The van der Waals surface area contributed by atoms with Crippen molar-refractivity contribution in [3.63, 3.8) is 0 Å². The van der Waals surface area contributed by atoms with E-state index < -0.39 is 5.97 Å². The topological polar surface area (TPSA) is 105 Å². The lowest BCUT2D eigenvalue weighted by molar-refractivity contribution is -0.137. The molecule has 0 bridgehead atoms. The number of carbonyl (C=O) groups excluding carboxylic acids is 1. The van der Waals surface area contributed by atoms with Crippen molar-refractivity contribution < 1.29 is 24.2 Å². The Labute approximate surface area is 259 Å². The first kappa shape index (κ1) is 29.9. The minimum atomic E-state index is -0.767. The number of pyridine rings is 2. The molecule has 0 radical (unpaired) electrons. The molecule has 1 aliphatic heterocycles. The van der Waals surface area contributed by atoms with E-state index in [2.05, 4.69) is 14.9 Å². The van der Waals surface area contributed by atoms with Gasteiger partial charge < -0.3 is 19.5 Å². The fourth-order valence-electron chi connectivity index (χ4n) is 6.48. The molecule has 3 heterocycles. The zero-order valence-corrected chi connectivity index (χ0v) is 25.4. The third kappa shape index (κ3) is 7.14. The maximum Gasteiger partial charge on any atom is 0.303 e. The van der Waals surface area contributed by atoms with Gasteiger partial charge in [0, 0.05) is 44.2 Å². The monoisotopic (exact) mass is 598 g/mol. The summed E-state index contributed by atoms with van der Waals surface area (Å²) in [5, 5.41) is 9.39. The molecule has 2 aliphatic carbocycles. The summed E-state index contributed by atoms with van der Waals surface area (Å²) in [7, 11) is 1.65. The van der Waals surface area contributed by atoms with Gasteiger partial charge >= 0.3 is 5.97 Å². The molecule has 44 heavy (non-hydrogen) atoms. The fourth-order valence-corrected chi connectivity index (χ4v) is 6.48. The Balaban J connectivity index is 1.12. The Morgan fingerprint density at radius 3 is 2.45 bits per heavy atom. The number of aromatic nitrogens is 2. The highest BCUT2D eigenvalue weighted by molar-refractivity contribution is 6.09. The second-order valence-corrected chi connectivity index (χ2v) is 12.5. The van der Waals surface area contributed by atoms with Gasteiger partial charge in [0.1, 0.15) is 11.6 Å². The van der Waals surface area contributed by atoms with Gasteiger partial charge in [-0.05, 0) is 98.1 Å². The third-order valence-corrected chi connectivity index (χ3v) is 9.47. The number of carboxylic acid groups (broad SMARTS) is 1. The number of anilines is 2. The minimum Gasteiger partial charge on any atom is -0.497 e. The molecular formula is C35H42N4O5. The Bertz CT molecular complexity index is 1430. The predicted octanol–water partition coefficient (Wildman–Crippen LogP) is 6.20. The first-order chi connectivity index (χ1) is 21.5. The lowest BCUT2D eigenvalue weighted by Gasteiger charge is -2.36. The van der Waals surface area contributed by atoms with E-state index in [1.807, 2.05) is 53.4 Å². The molecule has 1 unspecified atom stereocenters. The first-order valence-corrected chi connectivity index (χ1v) is 15.9. The second-order valence-electron chi connectivity index (χ2n) is 12.5. The van der Waals surface area contributed by atoms with Crippen LogP contribution in [0, 0.1) is 17.8 Å². The number of nitrogens with zero attached hydrogens (tertiary/aromatic N) is 4. The average molecular weight is 599 g/mol. The fraction of sp³-hybridized carbons (Fsp3) is 0.486. The molecule has 9 nitrogen and oxygen atoms in total. The summed E-state index contributed by atoms with van der Waals surface area (Å²) >= 11 is 0. The van der Waals surface area contributed by atoms with Gasteiger partial charge in [-0.25, -0.2) is 9.97 Å². The maximum absolute atomic E-state index is 14.1. The van der Waals surface area contributed by atoms with Crippen LogP contribution in [0.3, 0.4) is 0 Å². The van der Waals surface area contributed by atoms with Crippen LogP contribution in [0.2, 0.25) is 0 Å². The number of hydrogen-bond donors (Lipinski definition) is 1. The van der Waals surface area contributed by atoms with Gasteiger partial charge in [-0.3, -0.25) is 14.5 Å². The molecule has 3 aromatic rings. The number of methoxy groups -OCH3 is 1. The standard InChI is InChI=1S/C35H42N4O5/c1-43-28-10-11-29(35(42)39(22-24-5-4-6-24)32-7-2-3-15-36-32)31(20-28)38-17-13-25(14-18-38)23-44-33-19-27(12-16-37-33)30(21-34(40)41)26-8-9-26/h2-3,7,10-12,15-16,19-20,24-26,30H,4-6,8-9,13-14,17-18,21-23H2,1H3,(H,40,41). The molecule has 1 atom stereocenters. The van der Waals surface area contributed by atoms with Crippen molar-refractivity contribution in [3.8, 4) is 11.6 Å². The molecule has 1 amide bonds. The van der Waals surface area contributed by atoms with Crippen molar-refractivity contribution in [2.45, 2.75) is 57.3 Å². The van der Waals surface area contributed by atoms with Gasteiger partial charge in [-0.1, -0.05) is 12.5 Å². The van der Waals surface area contributed by atoms with Gasteiger partial charge in [0.15, 0.2) is 0 Å². The van der Waals surface area contributed by atoms with Crippen molar-refractivity contribution in [3.05, 3.63) is 72.1 Å². The largest absolute Gasteiger partial charge is 0.497 e. The van der Waals surface area contributed by atoms with Crippen LogP contribution in [0.25, 0.3) is 0 Å². The van der Waals surface area contributed by atoms with Gasteiger partial charge in [0.2, 0.25) is 5.88 Å². The molecule has 3 aliphatic rings. The molecule has 1 saturated heterocycles. The SMILES string of the molecule is COc1ccc(C(=O)N(CC2CCC2)c2ccccn2)c(N2CCC(COc3cc(C(CC(=O)O)C4CC4)ccn3)CC2)c1. The van der Waals surface area contributed by atoms with Gasteiger partial charge in [-0.15, -0.1) is 0 Å². The van der Waals surface area contributed by atoms with Crippen LogP contribution >= 0.6 is 0 Å². The maximum atomic E-state index is 14.1. The summed E-state index contributed by atoms with van der Waals surface area (Å²) in [4.78, 5) is 38.7. The number of piperidine rings is 1. The van der Waals surface area contributed by atoms with Crippen LogP contribution in [0.5, 0.6) is 11.6 Å². The summed E-state index contributed by atoms with van der Waals surface area (Å²) in [6, 6.07) is 15.3. The van der Waals surface area contributed by atoms with E-state index in [1.165, 1.54) is 6.42 Å². The number of amides is 1. The molecule has 232 valence electrons. The Morgan fingerprint density at radius 2 is 1.80 bits per heavy atom. The molecule has 3 fully saturated rings. The van der Waals surface area contributed by atoms with E-state index in [4.69, 9.17) is 9.47 Å². The van der Waals surface area contributed by atoms with Crippen molar-refractivity contribution in [2.75, 3.05) is 43.2 Å². The minimum absolute atomic E-state index is 0.0168. The van der Waals surface area contributed by atoms with Crippen LogP contribution in [0.15, 0.2) is 60.9 Å². The Hall–Kier alpha value is -4.14. The predicted molar refractivity (Wildman–Crippen MR) is 169 cm³/mol. The summed E-state index contributed by atoms with van der Waals surface area (Å²) < 4.78 is 11.7. The molecule has 2 saturated carbocycles. The van der Waals surface area contributed by atoms with Gasteiger partial charge in [0.25, 0.3) is 5.91 Å². The van der Waals surface area contributed by atoms with E-state index in [1.54, 1.807) is 19.5 Å². The first-order valence-electron chi connectivity index (χ1n) is 15.9. The number of carbonyl (C=O) groups is 2. The highest BCUT2D eigenvalue weighted by atomic mass is 16.5. The Morgan fingerprint density at radius 1 is 0.977 bits per heavy atom. The van der Waals surface area contributed by atoms with E-state index >= 15 is 0 Å². The highest BCUT2D eigenvalue weighted by Crippen LogP contribution is 2.45. The normalized spacial score (nSPS) is 17.9. The molecule has 1 aromatic carbocycles. The van der Waals surface area contributed by atoms with Gasteiger partial charge in [-0.2, -0.15) is 0 Å². The van der Waals surface area contributed by atoms with Crippen LogP contribution in [0.4, 0.5) is 11.5 Å². The molecule has 9 heteroatoms. The van der Waals surface area contributed by atoms with Crippen LogP contribution in [-0.2, 0) is 4.79 Å². The van der Waals surface area contributed by atoms with E-state index in [9.17, 15) is 14.7 Å². The molecular weight excluding hydrogens is 556 g/mol. The summed E-state index contributed by atoms with van der Waals surface area (Å²) in [6.45, 7) is 2.82. The smallest absolute Gasteiger partial charge is 0.303 e. The van der Waals surface area contributed by atoms with Crippen molar-refractivity contribution in [2.24, 2.45) is 17.8 Å². The number of ether oxygens (including phenoxy) is 2. The van der Waals surface area contributed by atoms with Crippen molar-refractivity contribution >= 4 is 23.4 Å². The van der Waals surface area contributed by atoms with E-state index in [0.717, 1.165) is 68.6 Å². The quantitative estimate of drug-likeness (QED) is 0.248. The van der Waals surface area contributed by atoms with Crippen LogP contribution in [0.1, 0.15) is 73.2 Å². The number of benzene rings is 1. The number of hydrogen-bond acceptors (Lipinski definition) is 7. The number of rotatable bonds is 13. The lowest BCUT2D eigenvalue weighted by atomic mass is 9.85. The lowest BCUT2D eigenvalue weighted by Crippen LogP contribution is -2.40. The summed E-state index contributed by atoms with van der Waals surface area (Å²) in [6.07, 6.45) is 11.1. The van der Waals surface area contributed by atoms with Crippen LogP contribution in [-0.4, -0.2) is 60.3 Å². The zero-order valence-electron chi connectivity index (χ0n) is 25.4. The van der Waals surface area contributed by atoms with Crippen LogP contribution < -0.4 is 19.3 Å². The van der Waals surface area contributed by atoms with E-state index in [0.29, 0.717) is 48.2 Å². The number of carboxylic acids is 1. The average Bonchev–Trinajstić information content (AvgIpc) is 3.88. The van der Waals surface area contributed by atoms with E-state index in [-0.39, 0.29) is 18.2 Å². The van der Waals surface area contributed by atoms with Crippen molar-refractivity contribution in [1.29, 1.82) is 0 Å². The molecule has 2 aromatic heterocycles. The van der Waals surface area contributed by atoms with Crippen molar-refractivity contribution in [1.82, 2.24) is 9.97 Å².